The van der Waals surface area contributed by atoms with Crippen molar-refractivity contribution in [3.05, 3.63) is 0 Å². The Morgan fingerprint density at radius 3 is 2.09 bits per heavy atom. The summed E-state index contributed by atoms with van der Waals surface area (Å²) in [5.74, 6) is 0.951. The van der Waals surface area contributed by atoms with Crippen LogP contribution >= 0.6 is 30.1 Å². The molecule has 2 unspecified atom stereocenters. The first-order valence-electron chi connectivity index (χ1n) is 4.57. The molecule has 0 bridgehead atoms. The Balaban J connectivity index is 3.76. The molecule has 0 spiro atoms. The molecule has 0 saturated carbocycles. The van der Waals surface area contributed by atoms with Gasteiger partial charge in [-0.15, -0.1) is 0 Å². The molecule has 0 aliphatic carbocycles. The summed E-state index contributed by atoms with van der Waals surface area (Å²) in [5.41, 5.74) is 0. The highest BCUT2D eigenvalue weighted by atomic mass is 127. The van der Waals surface area contributed by atoms with Crippen molar-refractivity contribution < 1.29 is 0 Å². The van der Waals surface area contributed by atoms with E-state index < -0.39 is 0 Å². The van der Waals surface area contributed by atoms with Gasteiger partial charge in [-0.3, -0.25) is 0 Å². The van der Waals surface area contributed by atoms with Gasteiger partial charge in [0, 0.05) is 5.25 Å². The predicted octanol–water partition coefficient (Wildman–Crippen LogP) is 4.67. The number of halogens is 1. The van der Waals surface area contributed by atoms with Gasteiger partial charge in [-0.1, -0.05) is 42.5 Å². The van der Waals surface area contributed by atoms with Crippen molar-refractivity contribution in [2.24, 2.45) is 5.92 Å². The minimum Gasteiger partial charge on any atom is -0.0857 e. The van der Waals surface area contributed by atoms with Gasteiger partial charge in [0.25, 0.3) is 0 Å². The molecule has 0 amide bonds. The smallest absolute Gasteiger partial charge is 0.0173 e. The first-order chi connectivity index (χ1) is 5.29. The van der Waals surface area contributed by atoms with E-state index in [1.165, 1.54) is 25.7 Å². The summed E-state index contributed by atoms with van der Waals surface area (Å²) < 4.78 is 0. The molecule has 11 heavy (non-hydrogen) atoms. The summed E-state index contributed by atoms with van der Waals surface area (Å²) in [6, 6.07) is 0. The van der Waals surface area contributed by atoms with Crippen LogP contribution in [0.1, 0.15) is 46.5 Å². The molecule has 0 aromatic carbocycles. The van der Waals surface area contributed by atoms with Crippen LogP contribution in [0.25, 0.3) is 0 Å². The average Bonchev–Trinajstić information content (AvgIpc) is 2.05. The molecule has 0 nitrogen and oxygen atoms in total. The quantitative estimate of drug-likeness (QED) is 0.639. The minimum absolute atomic E-state index is 0.889. The summed E-state index contributed by atoms with van der Waals surface area (Å²) in [6.45, 7) is 6.90. The summed E-state index contributed by atoms with van der Waals surface area (Å²) in [5, 5.41) is 0.889. The van der Waals surface area contributed by atoms with Crippen LogP contribution in [0, 0.1) is 5.92 Å². The molecule has 0 aromatic rings. The Kier molecular flexibility index (Phi) is 8.47. The standard InChI is InChI=1S/C9H19IS/c1-4-7-8(5-2)9(6-3)11-10/h8-9H,4-7H2,1-3H3. The highest BCUT2D eigenvalue weighted by molar-refractivity contribution is 14.2. The molecule has 0 fully saturated rings. The van der Waals surface area contributed by atoms with Gasteiger partial charge in [-0.05, 0) is 40.0 Å². The molecule has 0 saturated heterocycles. The van der Waals surface area contributed by atoms with E-state index in [2.05, 4.69) is 42.0 Å². The second kappa shape index (κ2) is 7.71. The third kappa shape index (κ3) is 4.61. The van der Waals surface area contributed by atoms with Crippen LogP contribution in [0.15, 0.2) is 0 Å². The lowest BCUT2D eigenvalue weighted by molar-refractivity contribution is 0.441. The zero-order valence-corrected chi connectivity index (χ0v) is 10.7. The van der Waals surface area contributed by atoms with Gasteiger partial charge >= 0.3 is 0 Å². The van der Waals surface area contributed by atoms with Crippen LogP contribution < -0.4 is 0 Å². The van der Waals surface area contributed by atoms with Gasteiger partial charge in [-0.2, -0.15) is 0 Å². The van der Waals surface area contributed by atoms with Gasteiger partial charge < -0.3 is 0 Å². The fourth-order valence-electron chi connectivity index (χ4n) is 1.49. The molecule has 0 radical (unpaired) electrons. The van der Waals surface area contributed by atoms with Crippen molar-refractivity contribution in [1.82, 2.24) is 0 Å². The highest BCUT2D eigenvalue weighted by Gasteiger charge is 2.16. The molecule has 0 heterocycles. The van der Waals surface area contributed by atoms with E-state index in [1.54, 1.807) is 0 Å². The van der Waals surface area contributed by atoms with Gasteiger partial charge in [-0.25, -0.2) is 0 Å². The summed E-state index contributed by atoms with van der Waals surface area (Å²) >= 11 is 2.44. The van der Waals surface area contributed by atoms with Crippen molar-refractivity contribution in [2.75, 3.05) is 0 Å². The number of rotatable bonds is 6. The third-order valence-electron chi connectivity index (χ3n) is 2.23. The number of hydrogen-bond donors (Lipinski definition) is 0. The summed E-state index contributed by atoms with van der Waals surface area (Å²) in [6.07, 6.45) is 5.42. The van der Waals surface area contributed by atoms with Crippen molar-refractivity contribution in [2.45, 2.75) is 51.7 Å². The van der Waals surface area contributed by atoms with Crippen LogP contribution in [0.5, 0.6) is 0 Å². The lowest BCUT2D eigenvalue weighted by Crippen LogP contribution is -2.14. The molecular formula is C9H19IS. The van der Waals surface area contributed by atoms with Crippen LogP contribution in [0.3, 0.4) is 0 Å². The van der Waals surface area contributed by atoms with Crippen LogP contribution in [-0.4, -0.2) is 5.25 Å². The average molecular weight is 286 g/mol. The molecule has 0 N–H and O–H groups in total. The Morgan fingerprint density at radius 1 is 1.18 bits per heavy atom. The molecule has 0 rings (SSSR count). The fraction of sp³-hybridized carbons (Fsp3) is 1.00. The van der Waals surface area contributed by atoms with Crippen molar-refractivity contribution in [3.63, 3.8) is 0 Å². The zero-order valence-electron chi connectivity index (χ0n) is 7.77. The first-order valence-corrected chi connectivity index (χ1v) is 7.99. The van der Waals surface area contributed by atoms with Crippen molar-refractivity contribution >= 4 is 30.1 Å². The zero-order chi connectivity index (χ0) is 8.69. The van der Waals surface area contributed by atoms with Crippen molar-refractivity contribution in [3.8, 4) is 0 Å². The fourth-order valence-corrected chi connectivity index (χ4v) is 4.42. The highest BCUT2D eigenvalue weighted by Crippen LogP contribution is 2.32. The Hall–Kier alpha value is 1.08. The molecule has 68 valence electrons. The van der Waals surface area contributed by atoms with Gasteiger partial charge in [0.15, 0.2) is 0 Å². The van der Waals surface area contributed by atoms with Crippen LogP contribution in [-0.2, 0) is 0 Å². The Bertz CT molecular complexity index is 81.6. The maximum atomic E-state index is 2.44. The SMILES string of the molecule is CCCC(CC)C(CC)SI. The molecule has 2 heteroatoms. The molecule has 0 aliphatic rings. The van der Waals surface area contributed by atoms with Gasteiger partial charge in [0.1, 0.15) is 0 Å². The maximum absolute atomic E-state index is 2.44. The number of hydrogen-bond acceptors (Lipinski definition) is 1. The van der Waals surface area contributed by atoms with E-state index in [-0.39, 0.29) is 0 Å². The van der Waals surface area contributed by atoms with E-state index in [0.29, 0.717) is 0 Å². The predicted molar refractivity (Wildman–Crippen MR) is 64.4 cm³/mol. The monoisotopic (exact) mass is 286 g/mol. The maximum Gasteiger partial charge on any atom is 0.0173 e. The molecular weight excluding hydrogens is 267 g/mol. The van der Waals surface area contributed by atoms with E-state index in [1.807, 2.05) is 8.93 Å². The molecule has 0 aromatic heterocycles. The van der Waals surface area contributed by atoms with E-state index in [0.717, 1.165) is 11.2 Å². The first kappa shape index (κ1) is 12.1. The molecule has 0 aliphatic heterocycles. The van der Waals surface area contributed by atoms with E-state index >= 15 is 0 Å². The second-order valence-electron chi connectivity index (χ2n) is 2.99. The van der Waals surface area contributed by atoms with Crippen LogP contribution in [0.4, 0.5) is 0 Å². The largest absolute Gasteiger partial charge is 0.0857 e. The minimum atomic E-state index is 0.889. The van der Waals surface area contributed by atoms with E-state index in [4.69, 9.17) is 0 Å². The Labute approximate surface area is 87.5 Å². The van der Waals surface area contributed by atoms with Gasteiger partial charge in [0.2, 0.25) is 0 Å². The summed E-state index contributed by atoms with van der Waals surface area (Å²) in [4.78, 5) is 0. The van der Waals surface area contributed by atoms with Gasteiger partial charge in [0.05, 0.1) is 0 Å². The second-order valence-corrected chi connectivity index (χ2v) is 5.30. The molecule has 2 atom stereocenters. The summed E-state index contributed by atoms with van der Waals surface area (Å²) in [7, 11) is 2.01. The Morgan fingerprint density at radius 2 is 1.82 bits per heavy atom. The third-order valence-corrected chi connectivity index (χ3v) is 5.13. The van der Waals surface area contributed by atoms with Crippen molar-refractivity contribution in [1.29, 1.82) is 0 Å². The topological polar surface area (TPSA) is 0 Å². The normalized spacial score (nSPS) is 16.4. The lowest BCUT2D eigenvalue weighted by atomic mass is 9.95. The van der Waals surface area contributed by atoms with E-state index in [9.17, 15) is 0 Å². The van der Waals surface area contributed by atoms with Crippen LogP contribution in [0.2, 0.25) is 0 Å². The lowest BCUT2D eigenvalue weighted by Gasteiger charge is -2.21.